The van der Waals surface area contributed by atoms with Gasteiger partial charge in [0.25, 0.3) is 0 Å². The van der Waals surface area contributed by atoms with Gasteiger partial charge in [-0.15, -0.1) is 11.3 Å². The molecule has 2 rings (SSSR count). The van der Waals surface area contributed by atoms with Gasteiger partial charge in [-0.2, -0.15) is 0 Å². The SMILES string of the molecule is Cc1ccsc1CN1CC(CO)C1. The molecule has 13 heavy (non-hydrogen) atoms. The van der Waals surface area contributed by atoms with Crippen molar-refractivity contribution in [3.05, 3.63) is 21.9 Å². The summed E-state index contributed by atoms with van der Waals surface area (Å²) in [5.41, 5.74) is 1.40. The maximum Gasteiger partial charge on any atom is 0.0483 e. The zero-order valence-electron chi connectivity index (χ0n) is 7.86. The van der Waals surface area contributed by atoms with Crippen molar-refractivity contribution in [2.24, 2.45) is 5.92 Å². The minimum atomic E-state index is 0.347. The summed E-state index contributed by atoms with van der Waals surface area (Å²) in [6.07, 6.45) is 0. The molecule has 1 saturated heterocycles. The third kappa shape index (κ3) is 1.93. The van der Waals surface area contributed by atoms with Gasteiger partial charge in [-0.1, -0.05) is 0 Å². The van der Waals surface area contributed by atoms with Crippen molar-refractivity contribution >= 4 is 11.3 Å². The molecule has 0 amide bonds. The minimum Gasteiger partial charge on any atom is -0.396 e. The van der Waals surface area contributed by atoms with Crippen molar-refractivity contribution in [3.8, 4) is 0 Å². The van der Waals surface area contributed by atoms with Crippen LogP contribution in [0.3, 0.4) is 0 Å². The maximum atomic E-state index is 8.86. The number of aliphatic hydroxyl groups is 1. The van der Waals surface area contributed by atoms with Crippen LogP contribution in [0.15, 0.2) is 11.4 Å². The largest absolute Gasteiger partial charge is 0.396 e. The van der Waals surface area contributed by atoms with Gasteiger partial charge >= 0.3 is 0 Å². The Morgan fingerprint density at radius 1 is 1.62 bits per heavy atom. The quantitative estimate of drug-likeness (QED) is 0.793. The molecule has 0 bridgehead atoms. The average Bonchev–Trinajstić information content (AvgIpc) is 2.43. The highest BCUT2D eigenvalue weighted by Crippen LogP contribution is 2.22. The van der Waals surface area contributed by atoms with E-state index in [1.807, 2.05) is 11.3 Å². The molecule has 0 aromatic carbocycles. The van der Waals surface area contributed by atoms with E-state index in [0.29, 0.717) is 12.5 Å². The Hall–Kier alpha value is -0.380. The first-order valence-electron chi connectivity index (χ1n) is 4.66. The zero-order chi connectivity index (χ0) is 9.26. The summed E-state index contributed by atoms with van der Waals surface area (Å²) in [4.78, 5) is 3.86. The van der Waals surface area contributed by atoms with Gasteiger partial charge < -0.3 is 5.11 Å². The molecule has 2 heterocycles. The van der Waals surface area contributed by atoms with Gasteiger partial charge in [0.05, 0.1) is 0 Å². The minimum absolute atomic E-state index is 0.347. The van der Waals surface area contributed by atoms with Gasteiger partial charge in [-0.3, -0.25) is 4.90 Å². The third-order valence-electron chi connectivity index (χ3n) is 2.63. The van der Waals surface area contributed by atoms with Gasteiger partial charge in [0.15, 0.2) is 0 Å². The molecule has 1 aliphatic heterocycles. The lowest BCUT2D eigenvalue weighted by Gasteiger charge is -2.38. The molecule has 2 nitrogen and oxygen atoms in total. The molecule has 0 radical (unpaired) electrons. The number of aryl methyl sites for hydroxylation is 1. The fourth-order valence-corrected chi connectivity index (χ4v) is 2.64. The van der Waals surface area contributed by atoms with Crippen molar-refractivity contribution in [2.75, 3.05) is 19.7 Å². The second-order valence-electron chi connectivity index (χ2n) is 3.77. The molecule has 1 aromatic rings. The average molecular weight is 197 g/mol. The first-order valence-corrected chi connectivity index (χ1v) is 5.53. The summed E-state index contributed by atoms with van der Waals surface area (Å²) in [6, 6.07) is 2.17. The highest BCUT2D eigenvalue weighted by molar-refractivity contribution is 7.10. The Bertz CT molecular complexity index is 278. The van der Waals surface area contributed by atoms with Crippen molar-refractivity contribution in [2.45, 2.75) is 13.5 Å². The summed E-state index contributed by atoms with van der Waals surface area (Å²) >= 11 is 1.83. The van der Waals surface area contributed by atoms with Crippen molar-refractivity contribution in [1.29, 1.82) is 0 Å². The van der Waals surface area contributed by atoms with Crippen LogP contribution in [0.5, 0.6) is 0 Å². The van der Waals surface area contributed by atoms with Crippen LogP contribution in [0.4, 0.5) is 0 Å². The lowest BCUT2D eigenvalue weighted by molar-refractivity contribution is 0.0486. The molecule has 0 spiro atoms. The van der Waals surface area contributed by atoms with Crippen LogP contribution in [0.2, 0.25) is 0 Å². The molecule has 1 aromatic heterocycles. The summed E-state index contributed by atoms with van der Waals surface area (Å²) in [7, 11) is 0. The lowest BCUT2D eigenvalue weighted by Crippen LogP contribution is -2.47. The first kappa shape index (κ1) is 9.19. The van der Waals surface area contributed by atoms with E-state index in [9.17, 15) is 0 Å². The van der Waals surface area contributed by atoms with Gasteiger partial charge in [0, 0.05) is 37.0 Å². The molecule has 1 fully saturated rings. The van der Waals surface area contributed by atoms with E-state index in [4.69, 9.17) is 5.11 Å². The van der Waals surface area contributed by atoms with E-state index in [-0.39, 0.29) is 0 Å². The molecule has 0 atom stereocenters. The number of rotatable bonds is 3. The number of likely N-dealkylation sites (tertiary alicyclic amines) is 1. The Kier molecular flexibility index (Phi) is 2.67. The standard InChI is InChI=1S/C10H15NOS/c1-8-2-3-13-10(8)6-11-4-9(5-11)7-12/h2-3,9,12H,4-7H2,1H3. The lowest BCUT2D eigenvalue weighted by atomic mass is 10.0. The summed E-state index contributed by atoms with van der Waals surface area (Å²) in [5, 5.41) is 11.0. The van der Waals surface area contributed by atoms with Crippen molar-refractivity contribution < 1.29 is 5.11 Å². The predicted molar refractivity (Wildman–Crippen MR) is 54.9 cm³/mol. The number of aliphatic hydroxyl groups excluding tert-OH is 1. The number of hydrogen-bond donors (Lipinski definition) is 1. The number of nitrogens with zero attached hydrogens (tertiary/aromatic N) is 1. The zero-order valence-corrected chi connectivity index (χ0v) is 8.68. The van der Waals surface area contributed by atoms with Crippen molar-refractivity contribution in [3.63, 3.8) is 0 Å². The normalized spacial score (nSPS) is 18.9. The monoisotopic (exact) mass is 197 g/mol. The van der Waals surface area contributed by atoms with Gasteiger partial charge in [-0.05, 0) is 23.9 Å². The number of thiophene rings is 1. The summed E-state index contributed by atoms with van der Waals surface area (Å²) < 4.78 is 0. The first-order chi connectivity index (χ1) is 6.29. The Morgan fingerprint density at radius 3 is 2.92 bits per heavy atom. The second kappa shape index (κ2) is 3.78. The Labute approximate surface area is 82.8 Å². The topological polar surface area (TPSA) is 23.5 Å². The predicted octanol–water partition coefficient (Wildman–Crippen LogP) is 1.48. The summed E-state index contributed by atoms with van der Waals surface area (Å²) in [5.74, 6) is 0.528. The van der Waals surface area contributed by atoms with Crippen LogP contribution in [0.1, 0.15) is 10.4 Å². The molecular weight excluding hydrogens is 182 g/mol. The van der Waals surface area contributed by atoms with Gasteiger partial charge in [0.1, 0.15) is 0 Å². The molecule has 1 N–H and O–H groups in total. The summed E-state index contributed by atoms with van der Waals surface area (Å²) in [6.45, 7) is 5.71. The Morgan fingerprint density at radius 2 is 2.38 bits per heavy atom. The van der Waals surface area contributed by atoms with Crippen LogP contribution in [0.25, 0.3) is 0 Å². The van der Waals surface area contributed by atoms with E-state index in [1.165, 1.54) is 10.4 Å². The van der Waals surface area contributed by atoms with Gasteiger partial charge in [-0.25, -0.2) is 0 Å². The van der Waals surface area contributed by atoms with E-state index < -0.39 is 0 Å². The van der Waals surface area contributed by atoms with E-state index in [0.717, 1.165) is 19.6 Å². The van der Waals surface area contributed by atoms with Crippen LogP contribution in [-0.2, 0) is 6.54 Å². The highest BCUT2D eigenvalue weighted by Gasteiger charge is 2.25. The molecule has 0 saturated carbocycles. The van der Waals surface area contributed by atoms with Crippen LogP contribution < -0.4 is 0 Å². The van der Waals surface area contributed by atoms with E-state index in [1.54, 1.807) is 0 Å². The molecule has 0 aliphatic carbocycles. The van der Waals surface area contributed by atoms with Crippen molar-refractivity contribution in [1.82, 2.24) is 4.90 Å². The van der Waals surface area contributed by atoms with E-state index >= 15 is 0 Å². The fourth-order valence-electron chi connectivity index (χ4n) is 1.69. The van der Waals surface area contributed by atoms with Crippen LogP contribution in [0, 0.1) is 12.8 Å². The van der Waals surface area contributed by atoms with Crippen LogP contribution in [-0.4, -0.2) is 29.7 Å². The number of hydrogen-bond acceptors (Lipinski definition) is 3. The molecule has 0 unspecified atom stereocenters. The smallest absolute Gasteiger partial charge is 0.0483 e. The molecule has 1 aliphatic rings. The van der Waals surface area contributed by atoms with Crippen LogP contribution >= 0.6 is 11.3 Å². The fraction of sp³-hybridized carbons (Fsp3) is 0.600. The molecule has 72 valence electrons. The maximum absolute atomic E-state index is 8.86. The van der Waals surface area contributed by atoms with E-state index in [2.05, 4.69) is 23.3 Å². The highest BCUT2D eigenvalue weighted by atomic mass is 32.1. The molecule has 3 heteroatoms. The van der Waals surface area contributed by atoms with Gasteiger partial charge in [0.2, 0.25) is 0 Å². The second-order valence-corrected chi connectivity index (χ2v) is 4.77. The third-order valence-corrected chi connectivity index (χ3v) is 3.63. The molecular formula is C10H15NOS. The Balaban J connectivity index is 1.84.